The van der Waals surface area contributed by atoms with Crippen molar-refractivity contribution in [2.24, 2.45) is 0 Å². The van der Waals surface area contributed by atoms with Crippen LogP contribution in [-0.2, 0) is 11.1 Å². The second-order valence-electron chi connectivity index (χ2n) is 1.92. The summed E-state index contributed by atoms with van der Waals surface area (Å²) in [5.41, 5.74) is 0. The summed E-state index contributed by atoms with van der Waals surface area (Å²) >= 11 is -1.89. The van der Waals surface area contributed by atoms with Crippen molar-refractivity contribution in [3.63, 3.8) is 0 Å². The van der Waals surface area contributed by atoms with Crippen LogP contribution >= 0.6 is 0 Å². The standard InChI is InChI=1S/C7H8O3S.Li.H/c1-10-6-2-4-7(5-3-6)11(8)9;;/h2-5H,1H3,(H,8,9);;. The molecule has 3 nitrogen and oxygen atoms in total. The Kier molecular flexibility index (Phi) is 5.26. The van der Waals surface area contributed by atoms with E-state index in [0.29, 0.717) is 10.6 Å². The van der Waals surface area contributed by atoms with Crippen LogP contribution in [0.3, 0.4) is 0 Å². The van der Waals surface area contributed by atoms with Crippen molar-refractivity contribution in [3.8, 4) is 5.75 Å². The molecule has 0 heterocycles. The molecule has 0 saturated carbocycles. The number of hydrogen-bond donors (Lipinski definition) is 1. The number of hydrogen-bond acceptors (Lipinski definition) is 2. The van der Waals surface area contributed by atoms with Gasteiger partial charge in [-0.1, -0.05) is 0 Å². The average Bonchev–Trinajstić information content (AvgIpc) is 2.05. The van der Waals surface area contributed by atoms with Crippen LogP contribution in [0, 0.1) is 0 Å². The van der Waals surface area contributed by atoms with Crippen molar-refractivity contribution in [2.75, 3.05) is 7.11 Å². The minimum absolute atomic E-state index is 0. The Hall–Kier alpha value is -0.273. The molecule has 0 radical (unpaired) electrons. The summed E-state index contributed by atoms with van der Waals surface area (Å²) in [4.78, 5) is 0.380. The molecular weight excluding hydrogens is 171 g/mol. The Morgan fingerprint density at radius 2 is 1.83 bits per heavy atom. The molecule has 0 bridgehead atoms. The van der Waals surface area contributed by atoms with E-state index in [-0.39, 0.29) is 18.9 Å². The first-order chi connectivity index (χ1) is 5.24. The van der Waals surface area contributed by atoms with Crippen LogP contribution in [0.1, 0.15) is 0 Å². The summed E-state index contributed by atoms with van der Waals surface area (Å²) in [6, 6.07) is 6.39. The predicted molar refractivity (Wildman–Crippen MR) is 49.2 cm³/mol. The molecule has 1 aromatic rings. The molecule has 0 aliphatic heterocycles. The molecule has 0 aliphatic rings. The molecule has 0 aliphatic carbocycles. The first-order valence-electron chi connectivity index (χ1n) is 2.99. The molecule has 0 spiro atoms. The average molecular weight is 180 g/mol. The van der Waals surface area contributed by atoms with Gasteiger partial charge in [0, 0.05) is 0 Å². The molecule has 1 rings (SSSR count). The zero-order valence-electron chi connectivity index (χ0n) is 5.98. The van der Waals surface area contributed by atoms with E-state index in [9.17, 15) is 4.21 Å². The van der Waals surface area contributed by atoms with Gasteiger partial charge in [-0.05, 0) is 24.3 Å². The van der Waals surface area contributed by atoms with Gasteiger partial charge in [0.15, 0.2) is 11.1 Å². The quantitative estimate of drug-likeness (QED) is 0.536. The van der Waals surface area contributed by atoms with Crippen molar-refractivity contribution in [2.45, 2.75) is 4.90 Å². The molecule has 1 aromatic carbocycles. The Balaban J connectivity index is 0.00000121. The van der Waals surface area contributed by atoms with Gasteiger partial charge in [0.25, 0.3) is 0 Å². The van der Waals surface area contributed by atoms with E-state index in [1.165, 1.54) is 0 Å². The van der Waals surface area contributed by atoms with Crippen LogP contribution < -0.4 is 4.74 Å². The number of methoxy groups -OCH3 is 1. The van der Waals surface area contributed by atoms with E-state index in [4.69, 9.17) is 9.29 Å². The first-order valence-corrected chi connectivity index (χ1v) is 4.09. The topological polar surface area (TPSA) is 46.5 Å². The van der Waals surface area contributed by atoms with Gasteiger partial charge in [-0.2, -0.15) is 0 Å². The van der Waals surface area contributed by atoms with Gasteiger partial charge in [0.1, 0.15) is 5.75 Å². The zero-order chi connectivity index (χ0) is 8.27. The van der Waals surface area contributed by atoms with Crippen molar-refractivity contribution in [3.05, 3.63) is 24.3 Å². The summed E-state index contributed by atoms with van der Waals surface area (Å²) in [5.74, 6) is 0.680. The fourth-order valence-electron chi connectivity index (χ4n) is 0.692. The van der Waals surface area contributed by atoms with Crippen LogP contribution in [0.2, 0.25) is 0 Å². The maximum atomic E-state index is 10.5. The van der Waals surface area contributed by atoms with Gasteiger partial charge in [-0.15, -0.1) is 0 Å². The summed E-state index contributed by atoms with van der Waals surface area (Å²) in [5, 5.41) is 0. The van der Waals surface area contributed by atoms with E-state index in [1.54, 1.807) is 31.4 Å². The van der Waals surface area contributed by atoms with Gasteiger partial charge in [0.2, 0.25) is 0 Å². The van der Waals surface area contributed by atoms with Crippen molar-refractivity contribution >= 4 is 29.9 Å². The van der Waals surface area contributed by atoms with E-state index in [2.05, 4.69) is 0 Å². The van der Waals surface area contributed by atoms with Gasteiger partial charge in [-0.25, -0.2) is 4.21 Å². The fourth-order valence-corrected chi connectivity index (χ4v) is 1.06. The Bertz CT molecular complexity index is 260. The first kappa shape index (κ1) is 11.7. The molecule has 1 atom stereocenters. The molecular formula is C7H9LiO3S. The summed E-state index contributed by atoms with van der Waals surface area (Å²) in [6.07, 6.45) is 0. The molecule has 0 fully saturated rings. The number of benzene rings is 1. The van der Waals surface area contributed by atoms with Crippen molar-refractivity contribution in [1.29, 1.82) is 0 Å². The Labute approximate surface area is 85.6 Å². The fraction of sp³-hybridized carbons (Fsp3) is 0.143. The van der Waals surface area contributed by atoms with Gasteiger partial charge < -0.3 is 9.29 Å². The summed E-state index contributed by atoms with van der Waals surface area (Å²) in [6.45, 7) is 0. The van der Waals surface area contributed by atoms with E-state index >= 15 is 0 Å². The molecule has 1 N–H and O–H groups in total. The third-order valence-electron chi connectivity index (χ3n) is 1.26. The van der Waals surface area contributed by atoms with Crippen LogP contribution in [0.25, 0.3) is 0 Å². The monoisotopic (exact) mass is 180 g/mol. The molecule has 1 unspecified atom stereocenters. The van der Waals surface area contributed by atoms with E-state index in [1.807, 2.05) is 0 Å². The third-order valence-corrected chi connectivity index (χ3v) is 1.94. The second kappa shape index (κ2) is 5.39. The van der Waals surface area contributed by atoms with Crippen LogP contribution in [0.15, 0.2) is 29.2 Å². The van der Waals surface area contributed by atoms with E-state index in [0.717, 1.165) is 0 Å². The molecule has 12 heavy (non-hydrogen) atoms. The van der Waals surface area contributed by atoms with Gasteiger partial charge in [0.05, 0.1) is 12.0 Å². The SMILES string of the molecule is COc1ccc(S(=O)O)cc1.[LiH]. The Morgan fingerprint density at radius 3 is 2.17 bits per heavy atom. The van der Waals surface area contributed by atoms with Gasteiger partial charge >= 0.3 is 18.9 Å². The molecule has 0 aromatic heterocycles. The molecule has 62 valence electrons. The zero-order valence-corrected chi connectivity index (χ0v) is 6.80. The molecule has 0 amide bonds. The maximum absolute atomic E-state index is 10.5. The molecule has 5 heteroatoms. The number of rotatable bonds is 2. The van der Waals surface area contributed by atoms with Crippen molar-refractivity contribution in [1.82, 2.24) is 0 Å². The van der Waals surface area contributed by atoms with E-state index < -0.39 is 11.1 Å². The third kappa shape index (κ3) is 3.00. The second-order valence-corrected chi connectivity index (χ2v) is 2.89. The summed E-state index contributed by atoms with van der Waals surface area (Å²) < 4.78 is 24.0. The van der Waals surface area contributed by atoms with Crippen LogP contribution in [0.4, 0.5) is 0 Å². The predicted octanol–water partition coefficient (Wildman–Crippen LogP) is 0.627. The summed E-state index contributed by atoms with van der Waals surface area (Å²) in [7, 11) is 1.55. The minimum atomic E-state index is -1.89. The van der Waals surface area contributed by atoms with Gasteiger partial charge in [-0.3, -0.25) is 0 Å². The van der Waals surface area contributed by atoms with Crippen LogP contribution in [-0.4, -0.2) is 34.7 Å². The molecule has 0 saturated heterocycles. The normalized spacial score (nSPS) is 11.5. The van der Waals surface area contributed by atoms with Crippen molar-refractivity contribution < 1.29 is 13.5 Å². The number of ether oxygens (including phenoxy) is 1. The Morgan fingerprint density at radius 1 is 1.33 bits per heavy atom. The van der Waals surface area contributed by atoms with Crippen LogP contribution in [0.5, 0.6) is 5.75 Å².